The summed E-state index contributed by atoms with van der Waals surface area (Å²) in [5.74, 6) is 3.01. The van der Waals surface area contributed by atoms with Crippen LogP contribution < -0.4 is 5.73 Å². The van der Waals surface area contributed by atoms with Gasteiger partial charge in [-0.1, -0.05) is 17.8 Å². The molecule has 4 saturated carbocycles. The molecule has 0 amide bonds. The lowest BCUT2D eigenvalue weighted by Gasteiger charge is -2.56. The van der Waals surface area contributed by atoms with Crippen molar-refractivity contribution in [3.05, 3.63) is 23.9 Å². The fourth-order valence-corrected chi connectivity index (χ4v) is 6.80. The van der Waals surface area contributed by atoms with Crippen LogP contribution in [0.1, 0.15) is 44.1 Å². The molecule has 1 aromatic rings. The number of hydrogen-bond donors (Lipinski definition) is 1. The van der Waals surface area contributed by atoms with Crippen molar-refractivity contribution < 1.29 is 0 Å². The third-order valence-electron chi connectivity index (χ3n) is 5.37. The lowest BCUT2D eigenvalue weighted by atomic mass is 9.56. The van der Waals surface area contributed by atoms with E-state index in [0.717, 1.165) is 17.8 Å². The molecule has 0 aliphatic heterocycles. The van der Waals surface area contributed by atoms with Crippen molar-refractivity contribution in [1.82, 2.24) is 4.98 Å². The molecular weight excluding hydrogens is 252 g/mol. The molecule has 4 aliphatic carbocycles. The maximum absolute atomic E-state index is 5.86. The Balaban J connectivity index is 1.62. The molecule has 0 saturated heterocycles. The minimum absolute atomic E-state index is 0.493. The van der Waals surface area contributed by atoms with Crippen LogP contribution in [0.25, 0.3) is 0 Å². The van der Waals surface area contributed by atoms with Crippen molar-refractivity contribution in [1.29, 1.82) is 0 Å². The van der Waals surface area contributed by atoms with Crippen LogP contribution in [0.4, 0.5) is 0 Å². The van der Waals surface area contributed by atoms with E-state index in [-0.39, 0.29) is 0 Å². The zero-order chi connectivity index (χ0) is 12.9. The summed E-state index contributed by atoms with van der Waals surface area (Å²) in [7, 11) is 0. The summed E-state index contributed by atoms with van der Waals surface area (Å²) >= 11 is 2.06. The van der Waals surface area contributed by atoms with E-state index >= 15 is 0 Å². The summed E-state index contributed by atoms with van der Waals surface area (Å²) in [6.07, 6.45) is 10.7. The van der Waals surface area contributed by atoms with Gasteiger partial charge in [-0.3, -0.25) is 0 Å². The van der Waals surface area contributed by atoms with E-state index in [1.54, 1.807) is 0 Å². The third kappa shape index (κ3) is 2.11. The molecule has 0 radical (unpaired) electrons. The lowest BCUT2D eigenvalue weighted by molar-refractivity contribution is 0.0383. The smallest absolute Gasteiger partial charge is 0.101 e. The minimum atomic E-state index is 0.493. The highest BCUT2D eigenvalue weighted by Gasteiger charge is 2.51. The normalized spacial score (nSPS) is 39.7. The first-order chi connectivity index (χ1) is 9.26. The maximum Gasteiger partial charge on any atom is 0.101 e. The number of nitrogens with two attached hydrogens (primary N) is 1. The Bertz CT molecular complexity index is 450. The molecule has 4 fully saturated rings. The average Bonchev–Trinajstić information content (AvgIpc) is 2.37. The molecule has 19 heavy (non-hydrogen) atoms. The van der Waals surface area contributed by atoms with E-state index in [0.29, 0.717) is 11.3 Å². The summed E-state index contributed by atoms with van der Waals surface area (Å²) < 4.78 is 0.493. The van der Waals surface area contributed by atoms with Crippen molar-refractivity contribution in [3.8, 4) is 0 Å². The molecule has 2 N–H and O–H groups in total. The van der Waals surface area contributed by atoms with Gasteiger partial charge in [0.05, 0.1) is 0 Å². The van der Waals surface area contributed by atoms with Gasteiger partial charge in [-0.2, -0.15) is 0 Å². The molecule has 0 aromatic carbocycles. The fourth-order valence-electron chi connectivity index (χ4n) is 5.03. The monoisotopic (exact) mass is 274 g/mol. The van der Waals surface area contributed by atoms with Crippen molar-refractivity contribution in [3.63, 3.8) is 0 Å². The largest absolute Gasteiger partial charge is 0.326 e. The summed E-state index contributed by atoms with van der Waals surface area (Å²) in [4.78, 5) is 4.61. The first-order valence-corrected chi connectivity index (χ1v) is 8.41. The highest BCUT2D eigenvalue weighted by atomic mass is 32.2. The summed E-state index contributed by atoms with van der Waals surface area (Å²) in [5.41, 5.74) is 7.09. The maximum atomic E-state index is 5.86. The number of rotatable bonds is 3. The predicted molar refractivity (Wildman–Crippen MR) is 78.9 cm³/mol. The van der Waals surface area contributed by atoms with Gasteiger partial charge in [0.15, 0.2) is 0 Å². The van der Waals surface area contributed by atoms with Crippen LogP contribution >= 0.6 is 11.8 Å². The molecule has 0 unspecified atom stereocenters. The van der Waals surface area contributed by atoms with Gasteiger partial charge in [-0.05, 0) is 67.9 Å². The van der Waals surface area contributed by atoms with Crippen LogP contribution in [0.3, 0.4) is 0 Å². The van der Waals surface area contributed by atoms with E-state index < -0.39 is 0 Å². The van der Waals surface area contributed by atoms with Crippen molar-refractivity contribution in [2.45, 2.75) is 54.8 Å². The Morgan fingerprint density at radius 2 is 1.79 bits per heavy atom. The van der Waals surface area contributed by atoms with Gasteiger partial charge in [0.1, 0.15) is 5.03 Å². The Morgan fingerprint density at radius 3 is 2.37 bits per heavy atom. The van der Waals surface area contributed by atoms with Gasteiger partial charge >= 0.3 is 0 Å². The van der Waals surface area contributed by atoms with E-state index in [4.69, 9.17) is 5.73 Å². The SMILES string of the molecule is NCc1cccnc1SC12CC3CC(CC(C3)C1)C2. The highest BCUT2D eigenvalue weighted by Crippen LogP contribution is 2.61. The molecule has 1 heterocycles. The number of hydrogen-bond acceptors (Lipinski definition) is 3. The second kappa shape index (κ2) is 4.49. The molecule has 0 spiro atoms. The fraction of sp³-hybridized carbons (Fsp3) is 0.688. The Morgan fingerprint density at radius 1 is 1.16 bits per heavy atom. The standard InChI is InChI=1S/C16H22N2S/c17-10-14-2-1-3-18-15(14)19-16-7-11-4-12(8-16)6-13(5-11)9-16/h1-3,11-13H,4-10,17H2. The van der Waals surface area contributed by atoms with Crippen LogP contribution in [-0.2, 0) is 6.54 Å². The molecule has 102 valence electrons. The van der Waals surface area contributed by atoms with Gasteiger partial charge in [0, 0.05) is 17.5 Å². The quantitative estimate of drug-likeness (QED) is 0.915. The van der Waals surface area contributed by atoms with Crippen LogP contribution in [0.5, 0.6) is 0 Å². The molecule has 2 nitrogen and oxygen atoms in total. The zero-order valence-corrected chi connectivity index (χ0v) is 12.2. The summed E-state index contributed by atoms with van der Waals surface area (Å²) in [6.45, 7) is 0.614. The second-order valence-electron chi connectivity index (χ2n) is 6.87. The van der Waals surface area contributed by atoms with E-state index in [9.17, 15) is 0 Å². The van der Waals surface area contributed by atoms with Crippen molar-refractivity contribution in [2.24, 2.45) is 23.5 Å². The average molecular weight is 274 g/mol. The zero-order valence-electron chi connectivity index (χ0n) is 11.3. The van der Waals surface area contributed by atoms with E-state index in [2.05, 4.69) is 22.8 Å². The Hall–Kier alpha value is -0.540. The molecule has 4 aliphatic rings. The van der Waals surface area contributed by atoms with Gasteiger partial charge in [-0.15, -0.1) is 0 Å². The van der Waals surface area contributed by atoms with Gasteiger partial charge < -0.3 is 5.73 Å². The molecule has 5 rings (SSSR count). The summed E-state index contributed by atoms with van der Waals surface area (Å²) in [5, 5.41) is 1.20. The van der Waals surface area contributed by atoms with Crippen molar-refractivity contribution in [2.75, 3.05) is 0 Å². The van der Waals surface area contributed by atoms with E-state index in [1.807, 2.05) is 12.3 Å². The predicted octanol–water partition coefficient (Wildman–Crippen LogP) is 3.60. The topological polar surface area (TPSA) is 38.9 Å². The van der Waals surface area contributed by atoms with Gasteiger partial charge in [0.2, 0.25) is 0 Å². The number of pyridine rings is 1. The lowest BCUT2D eigenvalue weighted by Crippen LogP contribution is -2.48. The Kier molecular flexibility index (Phi) is 2.89. The highest BCUT2D eigenvalue weighted by molar-refractivity contribution is 8.00. The minimum Gasteiger partial charge on any atom is -0.326 e. The number of aromatic nitrogens is 1. The third-order valence-corrected chi connectivity index (χ3v) is 6.86. The van der Waals surface area contributed by atoms with Gasteiger partial charge in [0.25, 0.3) is 0 Å². The molecule has 1 aromatic heterocycles. The number of thioether (sulfide) groups is 1. The molecule has 3 heteroatoms. The van der Waals surface area contributed by atoms with E-state index in [1.165, 1.54) is 49.1 Å². The second-order valence-corrected chi connectivity index (χ2v) is 8.33. The van der Waals surface area contributed by atoms with Crippen LogP contribution in [0.2, 0.25) is 0 Å². The molecule has 0 atom stereocenters. The van der Waals surface area contributed by atoms with Gasteiger partial charge in [-0.25, -0.2) is 4.98 Å². The van der Waals surface area contributed by atoms with Crippen molar-refractivity contribution >= 4 is 11.8 Å². The van der Waals surface area contributed by atoms with Crippen LogP contribution in [0, 0.1) is 17.8 Å². The van der Waals surface area contributed by atoms with Crippen LogP contribution in [-0.4, -0.2) is 9.73 Å². The van der Waals surface area contributed by atoms with Crippen LogP contribution in [0.15, 0.2) is 23.4 Å². The summed E-state index contributed by atoms with van der Waals surface area (Å²) in [6, 6.07) is 4.14. The first-order valence-electron chi connectivity index (χ1n) is 7.59. The first kappa shape index (κ1) is 12.2. The number of nitrogens with zero attached hydrogens (tertiary/aromatic N) is 1. The molecule has 4 bridgehead atoms. The molecular formula is C16H22N2S. The Labute approximate surface area is 119 Å².